The summed E-state index contributed by atoms with van der Waals surface area (Å²) in [6.45, 7) is 5.73. The number of nitrogens with one attached hydrogen (secondary N) is 1. The van der Waals surface area contributed by atoms with Crippen LogP contribution in [0.2, 0.25) is 0 Å². The zero-order valence-corrected chi connectivity index (χ0v) is 22.7. The van der Waals surface area contributed by atoms with Crippen molar-refractivity contribution in [3.8, 4) is 11.5 Å². The van der Waals surface area contributed by atoms with Crippen LogP contribution in [0, 0.1) is 0 Å². The van der Waals surface area contributed by atoms with Crippen molar-refractivity contribution in [2.24, 2.45) is 0 Å². The molecular formula is C30H32BrN3O3. The van der Waals surface area contributed by atoms with Gasteiger partial charge < -0.3 is 19.4 Å². The molecule has 1 N–H and O–H groups in total. The molecule has 7 heteroatoms. The summed E-state index contributed by atoms with van der Waals surface area (Å²) in [6.07, 6.45) is 5.06. The molecule has 0 fully saturated rings. The highest BCUT2D eigenvalue weighted by Gasteiger charge is 2.12. The van der Waals surface area contributed by atoms with E-state index in [9.17, 15) is 4.79 Å². The Bertz CT molecular complexity index is 1370. The van der Waals surface area contributed by atoms with Crippen molar-refractivity contribution in [1.29, 1.82) is 0 Å². The molecule has 1 heterocycles. The van der Waals surface area contributed by atoms with E-state index in [2.05, 4.69) is 38.5 Å². The van der Waals surface area contributed by atoms with Gasteiger partial charge in [-0.05, 0) is 67.3 Å². The summed E-state index contributed by atoms with van der Waals surface area (Å²) in [7, 11) is 1.66. The van der Waals surface area contributed by atoms with E-state index in [1.807, 2.05) is 66.7 Å². The molecule has 3 aromatic carbocycles. The summed E-state index contributed by atoms with van der Waals surface area (Å²) >= 11 is 3.41. The van der Waals surface area contributed by atoms with Crippen molar-refractivity contribution in [2.45, 2.75) is 32.2 Å². The van der Waals surface area contributed by atoms with Gasteiger partial charge in [0, 0.05) is 29.5 Å². The van der Waals surface area contributed by atoms with Crippen LogP contribution in [0.15, 0.2) is 83.9 Å². The molecule has 0 bridgehead atoms. The van der Waals surface area contributed by atoms with Gasteiger partial charge in [-0.25, -0.2) is 4.98 Å². The minimum absolute atomic E-state index is 0.0695. The topological polar surface area (TPSA) is 65.4 Å². The first kappa shape index (κ1) is 26.5. The summed E-state index contributed by atoms with van der Waals surface area (Å²) in [4.78, 5) is 17.3. The maximum Gasteiger partial charge on any atom is 0.251 e. The Kier molecular flexibility index (Phi) is 9.38. The van der Waals surface area contributed by atoms with Crippen LogP contribution in [0.3, 0.4) is 0 Å². The third-order valence-corrected chi connectivity index (χ3v) is 6.57. The zero-order chi connectivity index (χ0) is 26.0. The molecule has 0 radical (unpaired) electrons. The van der Waals surface area contributed by atoms with Gasteiger partial charge in [0.15, 0.2) is 11.5 Å². The van der Waals surface area contributed by atoms with E-state index in [4.69, 9.17) is 14.5 Å². The molecule has 1 aromatic heterocycles. The van der Waals surface area contributed by atoms with Gasteiger partial charge in [-0.2, -0.15) is 0 Å². The van der Waals surface area contributed by atoms with Gasteiger partial charge >= 0.3 is 0 Å². The Balaban J connectivity index is 1.34. The quantitative estimate of drug-likeness (QED) is 0.152. The summed E-state index contributed by atoms with van der Waals surface area (Å²) in [6, 6.07) is 21.6. The minimum Gasteiger partial charge on any atom is -0.493 e. The fourth-order valence-corrected chi connectivity index (χ4v) is 4.67. The Hall–Kier alpha value is -3.58. The second kappa shape index (κ2) is 13.1. The Morgan fingerprint density at radius 1 is 1.08 bits per heavy atom. The molecule has 0 spiro atoms. The van der Waals surface area contributed by atoms with Crippen LogP contribution in [0.5, 0.6) is 11.5 Å². The van der Waals surface area contributed by atoms with Crippen LogP contribution in [0.25, 0.3) is 11.0 Å². The van der Waals surface area contributed by atoms with E-state index in [1.54, 1.807) is 7.11 Å². The van der Waals surface area contributed by atoms with Gasteiger partial charge in [0.2, 0.25) is 0 Å². The smallest absolute Gasteiger partial charge is 0.251 e. The molecule has 0 aliphatic rings. The van der Waals surface area contributed by atoms with Gasteiger partial charge in [-0.15, -0.1) is 6.58 Å². The number of hydrogen-bond acceptors (Lipinski definition) is 4. The van der Waals surface area contributed by atoms with Crippen molar-refractivity contribution < 1.29 is 14.3 Å². The van der Waals surface area contributed by atoms with Crippen molar-refractivity contribution in [3.05, 3.63) is 101 Å². The fourth-order valence-electron chi connectivity index (χ4n) is 4.28. The maximum atomic E-state index is 12.4. The normalized spacial score (nSPS) is 10.9. The molecule has 0 aliphatic carbocycles. The number of halogens is 1. The summed E-state index contributed by atoms with van der Waals surface area (Å²) in [5.41, 5.74) is 3.88. The van der Waals surface area contributed by atoms with Gasteiger partial charge in [0.05, 0.1) is 24.8 Å². The van der Waals surface area contributed by atoms with Crippen LogP contribution >= 0.6 is 15.9 Å². The molecule has 0 aliphatic heterocycles. The van der Waals surface area contributed by atoms with Crippen molar-refractivity contribution in [2.75, 3.05) is 20.3 Å². The number of amides is 1. The minimum atomic E-state index is -0.0695. The van der Waals surface area contributed by atoms with Gasteiger partial charge in [0.1, 0.15) is 5.82 Å². The molecule has 1 amide bonds. The number of carbonyl (C=O) groups is 1. The van der Waals surface area contributed by atoms with E-state index >= 15 is 0 Å². The first-order valence-corrected chi connectivity index (χ1v) is 13.3. The lowest BCUT2D eigenvalue weighted by atomic mass is 10.1. The molecular weight excluding hydrogens is 530 g/mol. The van der Waals surface area contributed by atoms with Crippen LogP contribution in [0.4, 0.5) is 0 Å². The number of allylic oxidation sites excluding steroid dienone is 1. The number of nitrogens with zero attached hydrogens (tertiary/aromatic N) is 2. The number of para-hydroxylation sites is 2. The molecule has 0 unspecified atom stereocenters. The molecule has 6 nitrogen and oxygen atoms in total. The molecule has 0 saturated carbocycles. The first-order valence-electron chi connectivity index (χ1n) is 12.5. The Morgan fingerprint density at radius 3 is 2.76 bits per heavy atom. The lowest BCUT2D eigenvalue weighted by Gasteiger charge is -2.13. The first-order chi connectivity index (χ1) is 18.1. The van der Waals surface area contributed by atoms with Crippen molar-refractivity contribution >= 4 is 32.9 Å². The van der Waals surface area contributed by atoms with Gasteiger partial charge in [-0.1, -0.05) is 46.3 Å². The number of imidazole rings is 1. The molecule has 0 saturated heterocycles. The molecule has 4 rings (SSSR count). The Morgan fingerprint density at radius 2 is 1.95 bits per heavy atom. The van der Waals surface area contributed by atoms with Crippen LogP contribution in [0.1, 0.15) is 34.6 Å². The second-order valence-corrected chi connectivity index (χ2v) is 9.63. The number of ether oxygens (including phenoxy) is 2. The highest BCUT2D eigenvalue weighted by atomic mass is 79.9. The van der Waals surface area contributed by atoms with Gasteiger partial charge in [-0.3, -0.25) is 4.79 Å². The lowest BCUT2D eigenvalue weighted by molar-refractivity contribution is 0.0953. The summed E-state index contributed by atoms with van der Waals surface area (Å²) in [5.74, 6) is 2.43. The highest BCUT2D eigenvalue weighted by molar-refractivity contribution is 9.10. The fraction of sp³-hybridized carbons (Fsp3) is 0.267. The SMILES string of the molecule is C=CCc1ccc(OCCCn2c(CCCNC(=O)c3cccc(Br)c3)nc3ccccc32)c(OC)c1. The zero-order valence-electron chi connectivity index (χ0n) is 21.1. The molecule has 0 atom stereocenters. The maximum absolute atomic E-state index is 12.4. The van der Waals surface area contributed by atoms with E-state index < -0.39 is 0 Å². The standard InChI is InChI=1S/C30H32BrN3O3/c1-3-9-22-15-16-27(28(20-22)36-2)37-19-8-18-34-26-13-5-4-12-25(26)33-29(34)14-7-17-32-30(35)23-10-6-11-24(31)21-23/h3-6,10-13,15-16,20-21H,1,7-9,14,17-19H2,2H3,(H,32,35). The number of aryl methyl sites for hydroxylation is 2. The summed E-state index contributed by atoms with van der Waals surface area (Å²) in [5, 5.41) is 3.01. The number of aromatic nitrogens is 2. The lowest BCUT2D eigenvalue weighted by Crippen LogP contribution is -2.25. The number of carbonyl (C=O) groups excluding carboxylic acids is 1. The number of rotatable bonds is 13. The molecule has 37 heavy (non-hydrogen) atoms. The van der Waals surface area contributed by atoms with E-state index in [0.29, 0.717) is 18.7 Å². The number of hydrogen-bond donors (Lipinski definition) is 1. The van der Waals surface area contributed by atoms with E-state index in [0.717, 1.165) is 70.6 Å². The van der Waals surface area contributed by atoms with E-state index in [1.165, 1.54) is 0 Å². The largest absolute Gasteiger partial charge is 0.493 e. The van der Waals surface area contributed by atoms with E-state index in [-0.39, 0.29) is 5.91 Å². The van der Waals surface area contributed by atoms with Crippen LogP contribution in [-0.2, 0) is 19.4 Å². The highest BCUT2D eigenvalue weighted by Crippen LogP contribution is 2.28. The predicted molar refractivity (Wildman–Crippen MR) is 152 cm³/mol. The number of benzene rings is 3. The van der Waals surface area contributed by atoms with Gasteiger partial charge in [0.25, 0.3) is 5.91 Å². The third kappa shape index (κ3) is 7.01. The van der Waals surface area contributed by atoms with Crippen molar-refractivity contribution in [1.82, 2.24) is 14.9 Å². The van der Waals surface area contributed by atoms with Crippen LogP contribution in [-0.4, -0.2) is 35.7 Å². The summed E-state index contributed by atoms with van der Waals surface area (Å²) < 4.78 is 14.7. The average Bonchev–Trinajstić information content (AvgIpc) is 3.27. The average molecular weight is 563 g/mol. The molecule has 192 valence electrons. The Labute approximate surface area is 226 Å². The van der Waals surface area contributed by atoms with Crippen molar-refractivity contribution in [3.63, 3.8) is 0 Å². The van der Waals surface area contributed by atoms with Crippen LogP contribution < -0.4 is 14.8 Å². The third-order valence-electron chi connectivity index (χ3n) is 6.07. The molecule has 4 aromatic rings. The number of fused-ring (bicyclic) bond motifs is 1. The second-order valence-electron chi connectivity index (χ2n) is 8.72. The predicted octanol–water partition coefficient (Wildman–Crippen LogP) is 6.37. The number of methoxy groups -OCH3 is 1. The monoisotopic (exact) mass is 561 g/mol.